The minimum absolute atomic E-state index is 0.252. The standard InChI is InChI=1S/C15H12FN3O/c1-10-7-13(5-6-14(10)16)19(2)15(20)11-3-4-12(8-17)18-9-11/h3-7,9H,1-2H3. The van der Waals surface area contributed by atoms with Gasteiger partial charge in [0, 0.05) is 18.9 Å². The summed E-state index contributed by atoms with van der Waals surface area (Å²) in [6.45, 7) is 1.64. The Morgan fingerprint density at radius 2 is 2.10 bits per heavy atom. The number of nitrogens with zero attached hydrogens (tertiary/aromatic N) is 3. The van der Waals surface area contributed by atoms with Gasteiger partial charge >= 0.3 is 0 Å². The number of pyridine rings is 1. The van der Waals surface area contributed by atoms with Crippen molar-refractivity contribution in [3.8, 4) is 6.07 Å². The maximum atomic E-state index is 13.2. The molecule has 1 aromatic heterocycles. The Balaban J connectivity index is 2.27. The van der Waals surface area contributed by atoms with Gasteiger partial charge in [-0.2, -0.15) is 5.26 Å². The fraction of sp³-hybridized carbons (Fsp3) is 0.133. The highest BCUT2D eigenvalue weighted by atomic mass is 19.1. The summed E-state index contributed by atoms with van der Waals surface area (Å²) in [5.74, 6) is -0.581. The van der Waals surface area contributed by atoms with E-state index in [1.165, 1.54) is 29.3 Å². The molecule has 0 aliphatic heterocycles. The molecule has 2 aromatic rings. The first-order valence-corrected chi connectivity index (χ1v) is 5.93. The van der Waals surface area contributed by atoms with Crippen LogP contribution >= 0.6 is 0 Å². The van der Waals surface area contributed by atoms with E-state index in [0.717, 1.165) is 0 Å². The maximum Gasteiger partial charge on any atom is 0.259 e. The molecule has 4 nitrogen and oxygen atoms in total. The van der Waals surface area contributed by atoms with Gasteiger partial charge in [-0.15, -0.1) is 0 Å². The molecule has 0 saturated heterocycles. The third kappa shape index (κ3) is 2.64. The van der Waals surface area contributed by atoms with Gasteiger partial charge in [-0.3, -0.25) is 4.79 Å². The number of rotatable bonds is 2. The molecule has 1 amide bonds. The van der Waals surface area contributed by atoms with E-state index >= 15 is 0 Å². The third-order valence-corrected chi connectivity index (χ3v) is 2.96. The van der Waals surface area contributed by atoms with Crippen molar-refractivity contribution in [1.82, 2.24) is 4.98 Å². The summed E-state index contributed by atoms with van der Waals surface area (Å²) in [5.41, 5.74) is 1.69. The van der Waals surface area contributed by atoms with E-state index in [2.05, 4.69) is 4.98 Å². The second-order valence-electron chi connectivity index (χ2n) is 4.34. The zero-order valence-electron chi connectivity index (χ0n) is 11.1. The predicted octanol–water partition coefficient (Wildman–Crippen LogP) is 2.68. The first kappa shape index (κ1) is 13.7. The van der Waals surface area contributed by atoms with Crippen LogP contribution in [0.15, 0.2) is 36.5 Å². The molecule has 0 aliphatic rings. The summed E-state index contributed by atoms with van der Waals surface area (Å²) >= 11 is 0. The number of amides is 1. The van der Waals surface area contributed by atoms with Crippen LogP contribution in [0.1, 0.15) is 21.6 Å². The molecule has 5 heteroatoms. The highest BCUT2D eigenvalue weighted by molar-refractivity contribution is 6.05. The first-order valence-electron chi connectivity index (χ1n) is 5.93. The van der Waals surface area contributed by atoms with Gasteiger partial charge in [0.2, 0.25) is 0 Å². The maximum absolute atomic E-state index is 13.2. The molecule has 0 aliphatic carbocycles. The van der Waals surface area contributed by atoms with E-state index in [4.69, 9.17) is 5.26 Å². The Labute approximate surface area is 116 Å². The van der Waals surface area contributed by atoms with Crippen LogP contribution in [0.3, 0.4) is 0 Å². The van der Waals surface area contributed by atoms with Crippen LogP contribution in [-0.2, 0) is 0 Å². The van der Waals surface area contributed by atoms with Crippen LogP contribution in [0.25, 0.3) is 0 Å². The topological polar surface area (TPSA) is 57.0 Å². The molecule has 1 heterocycles. The summed E-state index contributed by atoms with van der Waals surface area (Å²) < 4.78 is 13.2. The van der Waals surface area contributed by atoms with Gasteiger partial charge in [0.15, 0.2) is 0 Å². The van der Waals surface area contributed by atoms with Crippen LogP contribution < -0.4 is 4.90 Å². The second-order valence-corrected chi connectivity index (χ2v) is 4.34. The summed E-state index contributed by atoms with van der Waals surface area (Å²) in [7, 11) is 1.60. The van der Waals surface area contributed by atoms with Gasteiger partial charge in [0.25, 0.3) is 5.91 Å². The average Bonchev–Trinajstić information content (AvgIpc) is 2.48. The number of halogens is 1. The minimum Gasteiger partial charge on any atom is -0.311 e. The fourth-order valence-electron chi connectivity index (χ4n) is 1.73. The van der Waals surface area contributed by atoms with E-state index in [-0.39, 0.29) is 17.4 Å². The number of anilines is 1. The smallest absolute Gasteiger partial charge is 0.259 e. The number of aryl methyl sites for hydroxylation is 1. The predicted molar refractivity (Wildman–Crippen MR) is 72.8 cm³/mol. The molecular formula is C15H12FN3O. The molecule has 2 rings (SSSR count). The molecule has 0 radical (unpaired) electrons. The number of carbonyl (C=O) groups is 1. The summed E-state index contributed by atoms with van der Waals surface area (Å²) in [4.78, 5) is 17.5. The number of hydrogen-bond donors (Lipinski definition) is 0. The summed E-state index contributed by atoms with van der Waals surface area (Å²) in [6.07, 6.45) is 1.35. The van der Waals surface area contributed by atoms with Crippen molar-refractivity contribution < 1.29 is 9.18 Å². The number of nitriles is 1. The van der Waals surface area contributed by atoms with Gasteiger partial charge in [-0.1, -0.05) is 0 Å². The molecule has 0 atom stereocenters. The van der Waals surface area contributed by atoms with E-state index in [9.17, 15) is 9.18 Å². The second kappa shape index (κ2) is 5.49. The van der Waals surface area contributed by atoms with Gasteiger partial charge in [0.1, 0.15) is 17.6 Å². The Morgan fingerprint density at radius 3 is 2.65 bits per heavy atom. The first-order chi connectivity index (χ1) is 9.52. The normalized spacial score (nSPS) is 9.90. The molecule has 100 valence electrons. The van der Waals surface area contributed by atoms with E-state index in [1.807, 2.05) is 6.07 Å². The molecule has 0 bridgehead atoms. The average molecular weight is 269 g/mol. The molecule has 20 heavy (non-hydrogen) atoms. The lowest BCUT2D eigenvalue weighted by Gasteiger charge is -2.18. The van der Waals surface area contributed by atoms with E-state index in [1.54, 1.807) is 26.1 Å². The highest BCUT2D eigenvalue weighted by Gasteiger charge is 2.14. The van der Waals surface area contributed by atoms with E-state index in [0.29, 0.717) is 16.8 Å². The van der Waals surface area contributed by atoms with Crippen molar-refractivity contribution in [2.45, 2.75) is 6.92 Å². The van der Waals surface area contributed by atoms with E-state index < -0.39 is 0 Å². The number of benzene rings is 1. The van der Waals surface area contributed by atoms with Crippen molar-refractivity contribution in [2.75, 3.05) is 11.9 Å². The van der Waals surface area contributed by atoms with Crippen LogP contribution in [0.5, 0.6) is 0 Å². The molecule has 1 aromatic carbocycles. The van der Waals surface area contributed by atoms with Crippen molar-refractivity contribution in [3.05, 3.63) is 59.2 Å². The van der Waals surface area contributed by atoms with Gasteiger partial charge < -0.3 is 4.90 Å². The van der Waals surface area contributed by atoms with Crippen LogP contribution in [-0.4, -0.2) is 17.9 Å². The van der Waals surface area contributed by atoms with Crippen LogP contribution in [0.2, 0.25) is 0 Å². The number of hydrogen-bond acceptors (Lipinski definition) is 3. The van der Waals surface area contributed by atoms with Crippen molar-refractivity contribution >= 4 is 11.6 Å². The summed E-state index contributed by atoms with van der Waals surface area (Å²) in [6, 6.07) is 9.38. The van der Waals surface area contributed by atoms with Crippen LogP contribution in [0.4, 0.5) is 10.1 Å². The molecule has 0 saturated carbocycles. The number of carbonyl (C=O) groups excluding carboxylic acids is 1. The Morgan fingerprint density at radius 1 is 1.35 bits per heavy atom. The SMILES string of the molecule is Cc1cc(N(C)C(=O)c2ccc(C#N)nc2)ccc1F. The minimum atomic E-state index is -0.311. The largest absolute Gasteiger partial charge is 0.311 e. The molecule has 0 fully saturated rings. The summed E-state index contributed by atoms with van der Waals surface area (Å²) in [5, 5.41) is 8.67. The lowest BCUT2D eigenvalue weighted by atomic mass is 10.1. The Bertz CT molecular complexity index is 689. The zero-order valence-corrected chi connectivity index (χ0v) is 11.1. The van der Waals surface area contributed by atoms with Crippen LogP contribution in [0, 0.1) is 24.1 Å². The van der Waals surface area contributed by atoms with Crippen molar-refractivity contribution in [2.24, 2.45) is 0 Å². The highest BCUT2D eigenvalue weighted by Crippen LogP contribution is 2.19. The Kier molecular flexibility index (Phi) is 3.76. The molecule has 0 unspecified atom stereocenters. The fourth-order valence-corrected chi connectivity index (χ4v) is 1.73. The van der Waals surface area contributed by atoms with Crippen molar-refractivity contribution in [1.29, 1.82) is 5.26 Å². The molecular weight excluding hydrogens is 257 g/mol. The number of aromatic nitrogens is 1. The molecule has 0 N–H and O–H groups in total. The zero-order chi connectivity index (χ0) is 14.7. The quantitative estimate of drug-likeness (QED) is 0.842. The van der Waals surface area contributed by atoms with Crippen molar-refractivity contribution in [3.63, 3.8) is 0 Å². The lowest BCUT2D eigenvalue weighted by molar-refractivity contribution is 0.0992. The monoisotopic (exact) mass is 269 g/mol. The Hall–Kier alpha value is -2.74. The van der Waals surface area contributed by atoms with Gasteiger partial charge in [-0.05, 0) is 42.8 Å². The van der Waals surface area contributed by atoms with Gasteiger partial charge in [0.05, 0.1) is 5.56 Å². The lowest BCUT2D eigenvalue weighted by Crippen LogP contribution is -2.26. The van der Waals surface area contributed by atoms with Gasteiger partial charge in [-0.25, -0.2) is 9.37 Å². The third-order valence-electron chi connectivity index (χ3n) is 2.96. The molecule has 0 spiro atoms.